The molecule has 1 amide bonds. The summed E-state index contributed by atoms with van der Waals surface area (Å²) >= 11 is 1.62. The van der Waals surface area contributed by atoms with Crippen molar-refractivity contribution >= 4 is 23.5 Å². The second kappa shape index (κ2) is 11.3. The molecule has 0 bridgehead atoms. The number of rotatable bonds is 8. The van der Waals surface area contributed by atoms with Crippen molar-refractivity contribution in [2.45, 2.75) is 55.5 Å². The number of aryl methyl sites for hydroxylation is 2. The van der Waals surface area contributed by atoms with Gasteiger partial charge in [0.2, 0.25) is 5.91 Å². The Morgan fingerprint density at radius 2 is 1.76 bits per heavy atom. The number of hydrogen-bond donors (Lipinski definition) is 1. The van der Waals surface area contributed by atoms with Crippen molar-refractivity contribution in [3.8, 4) is 0 Å². The van der Waals surface area contributed by atoms with E-state index in [0.717, 1.165) is 54.5 Å². The van der Waals surface area contributed by atoms with E-state index in [1.807, 2.05) is 18.2 Å². The van der Waals surface area contributed by atoms with Crippen LogP contribution in [0.25, 0.3) is 0 Å². The van der Waals surface area contributed by atoms with Gasteiger partial charge in [0.05, 0.1) is 0 Å². The average molecular weight is 461 g/mol. The summed E-state index contributed by atoms with van der Waals surface area (Å²) in [7, 11) is 0. The molecule has 1 aliphatic heterocycles. The van der Waals surface area contributed by atoms with Crippen LogP contribution in [0.1, 0.15) is 37.3 Å². The van der Waals surface area contributed by atoms with Crippen LogP contribution < -0.4 is 10.2 Å². The normalized spacial score (nSPS) is 15.3. The van der Waals surface area contributed by atoms with Gasteiger partial charge in [-0.1, -0.05) is 59.8 Å². The summed E-state index contributed by atoms with van der Waals surface area (Å²) in [5.41, 5.74) is 2.57. The first-order valence-electron chi connectivity index (χ1n) is 11.7. The maximum atomic E-state index is 12.7. The molecular formula is C27H32N4OS. The minimum Gasteiger partial charge on any atom is -0.355 e. The zero-order valence-electron chi connectivity index (χ0n) is 19.4. The topological polar surface area (TPSA) is 58.1 Å². The molecule has 0 saturated carbocycles. The van der Waals surface area contributed by atoms with E-state index in [0.29, 0.717) is 0 Å². The molecule has 1 aliphatic rings. The van der Waals surface area contributed by atoms with Crippen LogP contribution in [-0.2, 0) is 11.2 Å². The summed E-state index contributed by atoms with van der Waals surface area (Å²) < 4.78 is 0. The van der Waals surface area contributed by atoms with Crippen LogP contribution >= 0.6 is 11.8 Å². The molecule has 1 aromatic heterocycles. The third kappa shape index (κ3) is 6.81. The molecule has 0 aliphatic carbocycles. The number of piperidine rings is 1. The molecule has 6 heteroatoms. The number of nitrogens with one attached hydrogen (secondary N) is 1. The molecule has 2 aromatic carbocycles. The standard InChI is InChI=1S/C27H32N4OS/c1-20-8-12-24(13-9-20)33-26-15-14-25(29-30-26)31-18-16-23(17-19-31)27(32)28-21(2)10-11-22-6-4-3-5-7-22/h3-9,12-15,21,23H,10-11,16-19H2,1-2H3,(H,28,32). The predicted octanol–water partition coefficient (Wildman–Crippen LogP) is 5.29. The van der Waals surface area contributed by atoms with E-state index in [1.54, 1.807) is 11.8 Å². The second-order valence-corrected chi connectivity index (χ2v) is 9.93. The van der Waals surface area contributed by atoms with Crippen molar-refractivity contribution in [3.63, 3.8) is 0 Å². The van der Waals surface area contributed by atoms with Crippen LogP contribution in [0, 0.1) is 12.8 Å². The SMILES string of the molecule is Cc1ccc(Sc2ccc(N3CCC(C(=O)NC(C)CCc4ccccc4)CC3)nn2)cc1. The summed E-state index contributed by atoms with van der Waals surface area (Å²) in [6.45, 7) is 5.84. The molecule has 4 rings (SSSR count). The number of hydrogen-bond acceptors (Lipinski definition) is 5. The molecule has 2 heterocycles. The van der Waals surface area contributed by atoms with Crippen molar-refractivity contribution in [2.24, 2.45) is 5.92 Å². The largest absolute Gasteiger partial charge is 0.355 e. The van der Waals surface area contributed by atoms with Crippen molar-refractivity contribution in [1.29, 1.82) is 0 Å². The molecular weight excluding hydrogens is 428 g/mol. The van der Waals surface area contributed by atoms with Crippen LogP contribution in [0.3, 0.4) is 0 Å². The number of nitrogens with zero attached hydrogens (tertiary/aromatic N) is 3. The molecule has 1 fully saturated rings. The Kier molecular flexibility index (Phi) is 8.00. The van der Waals surface area contributed by atoms with Gasteiger partial charge in [0.15, 0.2) is 5.82 Å². The highest BCUT2D eigenvalue weighted by Crippen LogP contribution is 2.27. The van der Waals surface area contributed by atoms with Gasteiger partial charge in [-0.15, -0.1) is 10.2 Å². The van der Waals surface area contributed by atoms with Crippen molar-refractivity contribution in [3.05, 3.63) is 77.9 Å². The first-order valence-corrected chi connectivity index (χ1v) is 12.6. The van der Waals surface area contributed by atoms with Gasteiger partial charge in [-0.2, -0.15) is 0 Å². The minimum absolute atomic E-state index is 0.0738. The van der Waals surface area contributed by atoms with E-state index in [4.69, 9.17) is 0 Å². The summed E-state index contributed by atoms with van der Waals surface area (Å²) in [4.78, 5) is 16.1. The van der Waals surface area contributed by atoms with E-state index in [-0.39, 0.29) is 17.9 Å². The quantitative estimate of drug-likeness (QED) is 0.495. The highest BCUT2D eigenvalue weighted by Gasteiger charge is 2.26. The average Bonchev–Trinajstić information content (AvgIpc) is 2.85. The Balaban J connectivity index is 1.21. The molecule has 1 N–H and O–H groups in total. The molecule has 1 saturated heterocycles. The maximum Gasteiger partial charge on any atom is 0.223 e. The maximum absolute atomic E-state index is 12.7. The predicted molar refractivity (Wildman–Crippen MR) is 135 cm³/mol. The Morgan fingerprint density at radius 1 is 1.03 bits per heavy atom. The third-order valence-corrected chi connectivity index (χ3v) is 7.09. The van der Waals surface area contributed by atoms with Gasteiger partial charge < -0.3 is 10.2 Å². The van der Waals surface area contributed by atoms with Crippen LogP contribution in [0.15, 0.2) is 76.7 Å². The van der Waals surface area contributed by atoms with Crippen molar-refractivity contribution < 1.29 is 4.79 Å². The lowest BCUT2D eigenvalue weighted by atomic mass is 9.95. The van der Waals surface area contributed by atoms with E-state index >= 15 is 0 Å². The molecule has 0 radical (unpaired) electrons. The minimum atomic E-state index is 0.0738. The smallest absolute Gasteiger partial charge is 0.223 e. The molecule has 172 valence electrons. The Bertz CT molecular complexity index is 1020. The second-order valence-electron chi connectivity index (χ2n) is 8.84. The summed E-state index contributed by atoms with van der Waals surface area (Å²) in [5.74, 6) is 1.15. The lowest BCUT2D eigenvalue weighted by Gasteiger charge is -2.32. The van der Waals surface area contributed by atoms with Gasteiger partial charge in [-0.3, -0.25) is 4.79 Å². The van der Waals surface area contributed by atoms with Crippen LogP contribution in [0.4, 0.5) is 5.82 Å². The van der Waals surface area contributed by atoms with E-state index in [2.05, 4.69) is 82.8 Å². The number of carbonyl (C=O) groups is 1. The molecule has 33 heavy (non-hydrogen) atoms. The Morgan fingerprint density at radius 3 is 2.42 bits per heavy atom. The lowest BCUT2D eigenvalue weighted by molar-refractivity contribution is -0.126. The summed E-state index contributed by atoms with van der Waals surface area (Å²) in [6, 6.07) is 23.1. The Hall–Kier alpha value is -2.86. The number of aromatic nitrogens is 2. The fourth-order valence-electron chi connectivity index (χ4n) is 4.09. The Labute approximate surface area is 201 Å². The molecule has 0 spiro atoms. The van der Waals surface area contributed by atoms with Gasteiger partial charge >= 0.3 is 0 Å². The monoisotopic (exact) mass is 460 g/mol. The van der Waals surface area contributed by atoms with Gasteiger partial charge in [-0.05, 0) is 69.4 Å². The summed E-state index contributed by atoms with van der Waals surface area (Å²) in [6.07, 6.45) is 3.63. The van der Waals surface area contributed by atoms with Crippen molar-refractivity contribution in [1.82, 2.24) is 15.5 Å². The summed E-state index contributed by atoms with van der Waals surface area (Å²) in [5, 5.41) is 13.0. The van der Waals surface area contributed by atoms with Crippen molar-refractivity contribution in [2.75, 3.05) is 18.0 Å². The van der Waals surface area contributed by atoms with E-state index < -0.39 is 0 Å². The number of benzene rings is 2. The number of amides is 1. The molecule has 1 unspecified atom stereocenters. The lowest BCUT2D eigenvalue weighted by Crippen LogP contribution is -2.43. The third-order valence-electron chi connectivity index (χ3n) is 6.16. The van der Waals surface area contributed by atoms with Crippen LogP contribution in [0.5, 0.6) is 0 Å². The zero-order valence-corrected chi connectivity index (χ0v) is 20.2. The fraction of sp³-hybridized carbons (Fsp3) is 0.370. The molecule has 1 atom stereocenters. The van der Waals surface area contributed by atoms with Gasteiger partial charge in [0.25, 0.3) is 0 Å². The highest BCUT2D eigenvalue weighted by molar-refractivity contribution is 7.99. The van der Waals surface area contributed by atoms with Gasteiger partial charge in [0, 0.05) is 29.9 Å². The zero-order chi connectivity index (χ0) is 23.0. The molecule has 3 aromatic rings. The van der Waals surface area contributed by atoms with Gasteiger partial charge in [-0.25, -0.2) is 0 Å². The number of carbonyl (C=O) groups excluding carboxylic acids is 1. The van der Waals surface area contributed by atoms with E-state index in [1.165, 1.54) is 11.1 Å². The van der Waals surface area contributed by atoms with Crippen LogP contribution in [-0.4, -0.2) is 35.2 Å². The number of anilines is 1. The first-order chi connectivity index (χ1) is 16.1. The highest BCUT2D eigenvalue weighted by atomic mass is 32.2. The van der Waals surface area contributed by atoms with E-state index in [9.17, 15) is 4.79 Å². The van der Waals surface area contributed by atoms with Gasteiger partial charge in [0.1, 0.15) is 5.03 Å². The van der Waals surface area contributed by atoms with Crippen LogP contribution in [0.2, 0.25) is 0 Å². The fourth-order valence-corrected chi connectivity index (χ4v) is 4.83. The molecule has 5 nitrogen and oxygen atoms in total. The first kappa shape index (κ1) is 23.3.